The summed E-state index contributed by atoms with van der Waals surface area (Å²) in [5.74, 6) is 0. The van der Waals surface area contributed by atoms with Crippen LogP contribution in [0.2, 0.25) is 0 Å². The Labute approximate surface area is 82.0 Å². The molecule has 0 spiro atoms. The highest BCUT2D eigenvalue weighted by Crippen LogP contribution is 2.10. The lowest BCUT2D eigenvalue weighted by Gasteiger charge is -2.04. The van der Waals surface area contributed by atoms with Gasteiger partial charge >= 0.3 is 0 Å². The summed E-state index contributed by atoms with van der Waals surface area (Å²) in [6, 6.07) is 8.72. The molecule has 0 unspecified atom stereocenters. The van der Waals surface area contributed by atoms with Crippen molar-refractivity contribution in [3.05, 3.63) is 35.4 Å². The first-order chi connectivity index (χ1) is 6.38. The van der Waals surface area contributed by atoms with E-state index in [1.54, 1.807) is 0 Å². The van der Waals surface area contributed by atoms with Crippen LogP contribution in [0.5, 0.6) is 0 Å². The summed E-state index contributed by atoms with van der Waals surface area (Å²) < 4.78 is 0. The molecular formula is C12H21N. The van der Waals surface area contributed by atoms with Crippen LogP contribution in [0.1, 0.15) is 31.4 Å². The molecule has 0 atom stereocenters. The van der Waals surface area contributed by atoms with Crippen LogP contribution in [0.25, 0.3) is 0 Å². The summed E-state index contributed by atoms with van der Waals surface area (Å²) >= 11 is 0. The third kappa shape index (κ3) is 4.09. The molecule has 74 valence electrons. The van der Waals surface area contributed by atoms with E-state index < -0.39 is 0 Å². The molecule has 0 bridgehead atoms. The lowest BCUT2D eigenvalue weighted by molar-refractivity contribution is 0.899. The molecule has 0 aliphatic rings. The number of benzene rings is 1. The number of nitrogens with two attached hydrogens (primary N) is 1. The summed E-state index contributed by atoms with van der Waals surface area (Å²) in [4.78, 5) is 0. The number of aryl methyl sites for hydroxylation is 2. The Hall–Kier alpha value is -0.820. The normalized spacial score (nSPS) is 8.92. The third-order valence-corrected chi connectivity index (χ3v) is 2.02. The molecule has 0 radical (unpaired) electrons. The molecule has 2 N–H and O–H groups in total. The Balaban J connectivity index is 0.000000671. The van der Waals surface area contributed by atoms with Crippen molar-refractivity contribution < 1.29 is 0 Å². The fourth-order valence-corrected chi connectivity index (χ4v) is 1.42. The summed E-state index contributed by atoms with van der Waals surface area (Å²) in [5.41, 5.74) is 7.53. The molecular weight excluding hydrogens is 158 g/mol. The summed E-state index contributed by atoms with van der Waals surface area (Å²) in [6.45, 7) is 4.45. The van der Waals surface area contributed by atoms with Crippen molar-refractivity contribution in [2.24, 2.45) is 5.73 Å². The van der Waals surface area contributed by atoms with Crippen molar-refractivity contribution in [2.45, 2.75) is 33.1 Å². The highest BCUT2D eigenvalue weighted by Gasteiger charge is 1.96. The van der Waals surface area contributed by atoms with Gasteiger partial charge in [-0.3, -0.25) is 0 Å². The lowest BCUT2D eigenvalue weighted by atomic mass is 10.0. The average Bonchev–Trinajstić information content (AvgIpc) is 2.22. The van der Waals surface area contributed by atoms with Crippen LogP contribution in [0.3, 0.4) is 0 Å². The van der Waals surface area contributed by atoms with Crippen molar-refractivity contribution in [3.63, 3.8) is 0 Å². The van der Waals surface area contributed by atoms with Gasteiger partial charge in [-0.15, -0.1) is 0 Å². The van der Waals surface area contributed by atoms with E-state index in [-0.39, 0.29) is 0 Å². The monoisotopic (exact) mass is 179 g/mol. The Morgan fingerprint density at radius 2 is 1.54 bits per heavy atom. The van der Waals surface area contributed by atoms with Crippen molar-refractivity contribution >= 4 is 0 Å². The third-order valence-electron chi connectivity index (χ3n) is 2.02. The zero-order chi connectivity index (χ0) is 10.1. The van der Waals surface area contributed by atoms with Gasteiger partial charge in [0, 0.05) is 0 Å². The molecule has 13 heavy (non-hydrogen) atoms. The minimum atomic E-state index is 1.16. The van der Waals surface area contributed by atoms with Crippen LogP contribution in [0.15, 0.2) is 24.3 Å². The molecule has 0 aliphatic heterocycles. The molecule has 1 aromatic rings. The van der Waals surface area contributed by atoms with E-state index in [0.29, 0.717) is 0 Å². The van der Waals surface area contributed by atoms with Crippen molar-refractivity contribution in [3.8, 4) is 0 Å². The van der Waals surface area contributed by atoms with Crippen LogP contribution in [0, 0.1) is 0 Å². The molecule has 0 aromatic heterocycles. The second-order valence-electron chi connectivity index (χ2n) is 2.87. The van der Waals surface area contributed by atoms with E-state index in [4.69, 9.17) is 0 Å². The number of hydrogen-bond acceptors (Lipinski definition) is 1. The van der Waals surface area contributed by atoms with E-state index in [0.717, 1.165) is 6.42 Å². The van der Waals surface area contributed by atoms with E-state index in [2.05, 4.69) is 43.8 Å². The summed E-state index contributed by atoms with van der Waals surface area (Å²) in [6.07, 6.45) is 3.64. The van der Waals surface area contributed by atoms with E-state index in [9.17, 15) is 0 Å². The van der Waals surface area contributed by atoms with Gasteiger partial charge in [0.25, 0.3) is 0 Å². The summed E-state index contributed by atoms with van der Waals surface area (Å²) in [5, 5.41) is 0. The highest BCUT2D eigenvalue weighted by atomic mass is 14.4. The number of rotatable bonds is 3. The predicted molar refractivity (Wildman–Crippen MR) is 59.9 cm³/mol. The minimum absolute atomic E-state index is 1.16. The molecule has 0 fully saturated rings. The first-order valence-corrected chi connectivity index (χ1v) is 5.03. The van der Waals surface area contributed by atoms with Gasteiger partial charge in [0.1, 0.15) is 0 Å². The van der Waals surface area contributed by atoms with Gasteiger partial charge in [-0.1, -0.05) is 44.5 Å². The molecule has 0 saturated heterocycles. The van der Waals surface area contributed by atoms with E-state index in [1.165, 1.54) is 31.0 Å². The zero-order valence-electron chi connectivity index (χ0n) is 9.01. The topological polar surface area (TPSA) is 26.0 Å². The Morgan fingerprint density at radius 1 is 1.00 bits per heavy atom. The SMILES string of the molecule is CCCc1ccccc1CC.CN. The fraction of sp³-hybridized carbons (Fsp3) is 0.500. The Morgan fingerprint density at radius 3 is 2.00 bits per heavy atom. The smallest absolute Gasteiger partial charge is 0.0195 e. The molecule has 1 nitrogen and oxygen atoms in total. The molecule has 0 amide bonds. The van der Waals surface area contributed by atoms with Gasteiger partial charge in [0.05, 0.1) is 0 Å². The predicted octanol–water partition coefficient (Wildman–Crippen LogP) is 2.78. The van der Waals surface area contributed by atoms with Gasteiger partial charge in [0.2, 0.25) is 0 Å². The van der Waals surface area contributed by atoms with Gasteiger partial charge in [-0.05, 0) is 31.0 Å². The largest absolute Gasteiger partial charge is 0.333 e. The van der Waals surface area contributed by atoms with Crippen LogP contribution in [-0.4, -0.2) is 7.05 Å². The maximum Gasteiger partial charge on any atom is -0.0195 e. The van der Waals surface area contributed by atoms with Crippen molar-refractivity contribution in [2.75, 3.05) is 7.05 Å². The van der Waals surface area contributed by atoms with E-state index >= 15 is 0 Å². The van der Waals surface area contributed by atoms with Crippen molar-refractivity contribution in [1.82, 2.24) is 0 Å². The fourth-order valence-electron chi connectivity index (χ4n) is 1.42. The molecule has 1 rings (SSSR count). The molecule has 0 heterocycles. The van der Waals surface area contributed by atoms with Crippen LogP contribution >= 0.6 is 0 Å². The van der Waals surface area contributed by atoms with Gasteiger partial charge in [0.15, 0.2) is 0 Å². The zero-order valence-corrected chi connectivity index (χ0v) is 9.01. The molecule has 1 aromatic carbocycles. The van der Waals surface area contributed by atoms with E-state index in [1.807, 2.05) is 0 Å². The standard InChI is InChI=1S/C11H16.CH5N/c1-3-7-11-9-6-5-8-10(11)4-2;1-2/h5-6,8-9H,3-4,7H2,1-2H3;2H2,1H3. The maximum absolute atomic E-state index is 4.50. The minimum Gasteiger partial charge on any atom is -0.333 e. The molecule has 1 heteroatoms. The average molecular weight is 179 g/mol. The van der Waals surface area contributed by atoms with Gasteiger partial charge < -0.3 is 5.73 Å². The highest BCUT2D eigenvalue weighted by molar-refractivity contribution is 5.26. The Bertz CT molecular complexity index is 218. The lowest BCUT2D eigenvalue weighted by Crippen LogP contribution is -1.90. The maximum atomic E-state index is 4.50. The first-order valence-electron chi connectivity index (χ1n) is 5.03. The van der Waals surface area contributed by atoms with Crippen LogP contribution < -0.4 is 5.73 Å². The number of hydrogen-bond donors (Lipinski definition) is 1. The first kappa shape index (κ1) is 12.2. The van der Waals surface area contributed by atoms with Gasteiger partial charge in [-0.2, -0.15) is 0 Å². The van der Waals surface area contributed by atoms with Gasteiger partial charge in [-0.25, -0.2) is 0 Å². The molecule has 0 saturated carbocycles. The molecule has 0 aliphatic carbocycles. The second-order valence-corrected chi connectivity index (χ2v) is 2.87. The Kier molecular flexibility index (Phi) is 7.32. The quantitative estimate of drug-likeness (QED) is 0.758. The van der Waals surface area contributed by atoms with Crippen LogP contribution in [0.4, 0.5) is 0 Å². The second kappa shape index (κ2) is 7.81. The summed E-state index contributed by atoms with van der Waals surface area (Å²) in [7, 11) is 1.50. The van der Waals surface area contributed by atoms with Crippen LogP contribution in [-0.2, 0) is 12.8 Å². The van der Waals surface area contributed by atoms with Crippen molar-refractivity contribution in [1.29, 1.82) is 0 Å².